The molecule has 0 aliphatic carbocycles. The number of rotatable bonds is 8. The molecule has 0 spiro atoms. The van der Waals surface area contributed by atoms with Crippen LogP contribution in [-0.4, -0.2) is 0 Å². The lowest BCUT2D eigenvalue weighted by Crippen LogP contribution is -3.00. The summed E-state index contributed by atoms with van der Waals surface area (Å²) in [5, 5.41) is 0. The van der Waals surface area contributed by atoms with Crippen molar-refractivity contribution in [3.8, 4) is 0 Å². The summed E-state index contributed by atoms with van der Waals surface area (Å²) >= 11 is 0. The molecule has 0 unspecified atom stereocenters. The zero-order valence-corrected chi connectivity index (χ0v) is 9.20. The van der Waals surface area contributed by atoms with E-state index in [1.807, 2.05) is 0 Å². The van der Waals surface area contributed by atoms with Gasteiger partial charge in [-0.1, -0.05) is 45.4 Å². The quantitative estimate of drug-likeness (QED) is 0.401. The molecule has 0 amide bonds. The van der Waals surface area contributed by atoms with E-state index in [4.69, 9.17) is 0 Å². The molecule has 0 aliphatic heterocycles. The smallest absolute Gasteiger partial charge is 0.0850 e. The van der Waals surface area contributed by atoms with Crippen LogP contribution in [0.25, 0.3) is 0 Å². The van der Waals surface area contributed by atoms with Crippen molar-refractivity contribution in [2.75, 3.05) is 0 Å². The van der Waals surface area contributed by atoms with E-state index in [1.165, 1.54) is 51.4 Å². The Morgan fingerprint density at radius 2 is 1.17 bits per heavy atom. The third-order valence-corrected chi connectivity index (χ3v) is 2.10. The lowest BCUT2D eigenvalue weighted by molar-refractivity contribution is -0.00000253. The van der Waals surface area contributed by atoms with E-state index >= 15 is 0 Å². The standard InChI is InChI=1S/C11H23.ClH/c1-3-5-7-9-11-10-8-6-4-2;/h1,3-11H2,2H3;1H/q+1;/p-1. The molecule has 0 saturated carbocycles. The van der Waals surface area contributed by atoms with Crippen molar-refractivity contribution in [3.63, 3.8) is 0 Å². The third-order valence-electron chi connectivity index (χ3n) is 2.10. The average Bonchev–Trinajstić information content (AvgIpc) is 2.03. The van der Waals surface area contributed by atoms with Gasteiger partial charge in [-0.05, 0) is 12.8 Å². The molecule has 0 aliphatic rings. The molecule has 0 aromatic heterocycles. The molecule has 74 valence electrons. The number of hydrogen-bond acceptors (Lipinski definition) is 0. The second-order valence-corrected chi connectivity index (χ2v) is 3.33. The van der Waals surface area contributed by atoms with E-state index < -0.39 is 0 Å². The Kier molecular flexibility index (Phi) is 16.8. The highest BCUT2D eigenvalue weighted by Gasteiger charge is 1.90. The fourth-order valence-electron chi connectivity index (χ4n) is 1.31. The summed E-state index contributed by atoms with van der Waals surface area (Å²) < 4.78 is 0. The van der Waals surface area contributed by atoms with Gasteiger partial charge < -0.3 is 12.4 Å². The molecule has 0 atom stereocenters. The lowest BCUT2D eigenvalue weighted by Gasteiger charge is -1.98. The average molecular weight is 191 g/mol. The topological polar surface area (TPSA) is 0 Å². The van der Waals surface area contributed by atoms with Crippen LogP contribution in [0.1, 0.15) is 64.7 Å². The van der Waals surface area contributed by atoms with Gasteiger partial charge in [0.1, 0.15) is 0 Å². The number of halogens is 1. The summed E-state index contributed by atoms with van der Waals surface area (Å²) in [6.45, 7) is 6.10. The monoisotopic (exact) mass is 190 g/mol. The van der Waals surface area contributed by atoms with Gasteiger partial charge in [-0.15, -0.1) is 0 Å². The maximum Gasteiger partial charge on any atom is 0.0850 e. The second-order valence-electron chi connectivity index (χ2n) is 3.33. The predicted molar refractivity (Wildman–Crippen MR) is 52.6 cm³/mol. The Hall–Kier alpha value is 0.160. The van der Waals surface area contributed by atoms with Crippen LogP contribution >= 0.6 is 0 Å². The highest BCUT2D eigenvalue weighted by Crippen LogP contribution is 2.08. The van der Waals surface area contributed by atoms with Crippen LogP contribution in [-0.2, 0) is 0 Å². The van der Waals surface area contributed by atoms with Crippen LogP contribution in [0.15, 0.2) is 0 Å². The van der Waals surface area contributed by atoms with Crippen molar-refractivity contribution < 1.29 is 12.4 Å². The van der Waals surface area contributed by atoms with E-state index in [0.717, 1.165) is 6.42 Å². The highest BCUT2D eigenvalue weighted by molar-refractivity contribution is 4.46. The molecule has 0 fully saturated rings. The Balaban J connectivity index is 0. The molecule has 0 N–H and O–H groups in total. The fraction of sp³-hybridized carbons (Fsp3) is 0.909. The van der Waals surface area contributed by atoms with Crippen LogP contribution in [0.4, 0.5) is 0 Å². The third kappa shape index (κ3) is 12.8. The van der Waals surface area contributed by atoms with Gasteiger partial charge in [0.2, 0.25) is 0 Å². The molecule has 0 radical (unpaired) electrons. The van der Waals surface area contributed by atoms with Crippen LogP contribution in [0.2, 0.25) is 0 Å². The van der Waals surface area contributed by atoms with E-state index in [1.54, 1.807) is 0 Å². The van der Waals surface area contributed by atoms with Crippen molar-refractivity contribution >= 4 is 0 Å². The van der Waals surface area contributed by atoms with Gasteiger partial charge >= 0.3 is 0 Å². The zero-order chi connectivity index (χ0) is 8.36. The predicted octanol–water partition coefficient (Wildman–Crippen LogP) is 1.36. The van der Waals surface area contributed by atoms with Gasteiger partial charge in [-0.2, -0.15) is 0 Å². The normalized spacial score (nSPS) is 9.42. The fourth-order valence-corrected chi connectivity index (χ4v) is 1.31. The van der Waals surface area contributed by atoms with Crippen molar-refractivity contribution in [3.05, 3.63) is 6.92 Å². The van der Waals surface area contributed by atoms with E-state index in [-0.39, 0.29) is 12.4 Å². The van der Waals surface area contributed by atoms with Gasteiger partial charge in [0, 0.05) is 0 Å². The molecule has 0 heterocycles. The first-order chi connectivity index (χ1) is 5.41. The summed E-state index contributed by atoms with van der Waals surface area (Å²) in [4.78, 5) is 0. The van der Waals surface area contributed by atoms with Crippen molar-refractivity contribution in [2.24, 2.45) is 0 Å². The summed E-state index contributed by atoms with van der Waals surface area (Å²) in [5.41, 5.74) is 0. The minimum Gasteiger partial charge on any atom is -1.00 e. The molecule has 0 aromatic rings. The summed E-state index contributed by atoms with van der Waals surface area (Å²) in [6, 6.07) is 0. The minimum absolute atomic E-state index is 0. The maximum absolute atomic E-state index is 3.83. The Labute approximate surface area is 84.5 Å². The van der Waals surface area contributed by atoms with Crippen molar-refractivity contribution in [1.29, 1.82) is 0 Å². The zero-order valence-electron chi connectivity index (χ0n) is 8.45. The largest absolute Gasteiger partial charge is 1.00 e. The lowest BCUT2D eigenvalue weighted by atomic mass is 10.1. The first-order valence-corrected chi connectivity index (χ1v) is 5.21. The summed E-state index contributed by atoms with van der Waals surface area (Å²) in [7, 11) is 0. The van der Waals surface area contributed by atoms with Crippen LogP contribution in [0.5, 0.6) is 0 Å². The molecule has 12 heavy (non-hydrogen) atoms. The number of unbranched alkanes of at least 4 members (excludes halogenated alkanes) is 8. The van der Waals surface area contributed by atoms with Gasteiger partial charge in [0.25, 0.3) is 0 Å². The Bertz CT molecular complexity index is 54.0. The molecule has 0 saturated heterocycles. The summed E-state index contributed by atoms with van der Waals surface area (Å²) in [5.74, 6) is 0. The summed E-state index contributed by atoms with van der Waals surface area (Å²) in [6.07, 6.45) is 12.4. The Morgan fingerprint density at radius 1 is 0.750 bits per heavy atom. The maximum atomic E-state index is 3.83. The van der Waals surface area contributed by atoms with Gasteiger partial charge in [0.15, 0.2) is 0 Å². The van der Waals surface area contributed by atoms with E-state index in [0.29, 0.717) is 0 Å². The Morgan fingerprint density at radius 3 is 1.58 bits per heavy atom. The minimum atomic E-state index is 0. The number of hydrogen-bond donors (Lipinski definition) is 0. The van der Waals surface area contributed by atoms with Crippen LogP contribution < -0.4 is 12.4 Å². The second kappa shape index (κ2) is 13.7. The first kappa shape index (κ1) is 14.7. The molecule has 1 heteroatoms. The van der Waals surface area contributed by atoms with Crippen molar-refractivity contribution in [2.45, 2.75) is 64.7 Å². The molecule has 0 bridgehead atoms. The molecular weight excluding hydrogens is 168 g/mol. The van der Waals surface area contributed by atoms with E-state index in [9.17, 15) is 0 Å². The van der Waals surface area contributed by atoms with Gasteiger partial charge in [-0.25, -0.2) is 0 Å². The first-order valence-electron chi connectivity index (χ1n) is 5.21. The van der Waals surface area contributed by atoms with Gasteiger partial charge in [0.05, 0.1) is 13.3 Å². The van der Waals surface area contributed by atoms with E-state index in [2.05, 4.69) is 13.8 Å². The molecular formula is C11H23Cl. The van der Waals surface area contributed by atoms with Crippen LogP contribution in [0, 0.1) is 6.92 Å². The van der Waals surface area contributed by atoms with Crippen molar-refractivity contribution in [1.82, 2.24) is 0 Å². The molecule has 0 rings (SSSR count). The SMILES string of the molecule is [CH2+]CCCCCCCCCC.[Cl-]. The molecule has 0 nitrogen and oxygen atoms in total. The van der Waals surface area contributed by atoms with Crippen LogP contribution in [0.3, 0.4) is 0 Å². The van der Waals surface area contributed by atoms with Gasteiger partial charge in [-0.3, -0.25) is 0 Å². The molecule has 0 aromatic carbocycles. The highest BCUT2D eigenvalue weighted by atomic mass is 35.5.